The van der Waals surface area contributed by atoms with E-state index in [9.17, 15) is 9.59 Å². The summed E-state index contributed by atoms with van der Waals surface area (Å²) in [6.07, 6.45) is 6.56. The fourth-order valence-electron chi connectivity index (χ4n) is 3.51. The number of furan rings is 1. The fraction of sp³-hybridized carbons (Fsp3) is 0.455. The molecule has 5 nitrogen and oxygen atoms in total. The summed E-state index contributed by atoms with van der Waals surface area (Å²) in [5.41, 5.74) is 3.37. The van der Waals surface area contributed by atoms with E-state index >= 15 is 0 Å². The molecular formula is C22H27NO4. The first-order valence-corrected chi connectivity index (χ1v) is 9.61. The largest absolute Gasteiger partial charge is 0.467 e. The Hall–Kier alpha value is -2.40. The van der Waals surface area contributed by atoms with Crippen LogP contribution in [0.15, 0.2) is 41.0 Å². The first kappa shape index (κ1) is 19.4. The Labute approximate surface area is 160 Å². The normalized spacial score (nSPS) is 13.2. The number of benzene rings is 1. The van der Waals surface area contributed by atoms with E-state index in [1.807, 2.05) is 18.2 Å². The van der Waals surface area contributed by atoms with E-state index in [4.69, 9.17) is 9.15 Å². The number of Topliss-reactive ketones (excluding diaryl/α,β-unsaturated/α-hetero) is 1. The van der Waals surface area contributed by atoms with Gasteiger partial charge in [-0.15, -0.1) is 0 Å². The summed E-state index contributed by atoms with van der Waals surface area (Å²) in [7, 11) is 1.61. The zero-order valence-corrected chi connectivity index (χ0v) is 15.9. The van der Waals surface area contributed by atoms with E-state index in [0.29, 0.717) is 19.7 Å². The third-order valence-corrected chi connectivity index (χ3v) is 5.08. The molecule has 0 saturated carbocycles. The van der Waals surface area contributed by atoms with Crippen LogP contribution < -0.4 is 0 Å². The van der Waals surface area contributed by atoms with Crippen LogP contribution in [0.5, 0.6) is 0 Å². The van der Waals surface area contributed by atoms with Gasteiger partial charge in [0, 0.05) is 32.1 Å². The Morgan fingerprint density at radius 2 is 1.93 bits per heavy atom. The van der Waals surface area contributed by atoms with Gasteiger partial charge in [0.15, 0.2) is 5.78 Å². The van der Waals surface area contributed by atoms with Crippen LogP contribution >= 0.6 is 0 Å². The van der Waals surface area contributed by atoms with Crippen molar-refractivity contribution in [3.05, 3.63) is 59.0 Å². The molecule has 1 aliphatic carbocycles. The molecule has 144 valence electrons. The van der Waals surface area contributed by atoms with Crippen LogP contribution in [-0.4, -0.2) is 36.9 Å². The highest BCUT2D eigenvalue weighted by Crippen LogP contribution is 2.23. The maximum Gasteiger partial charge on any atom is 0.223 e. The summed E-state index contributed by atoms with van der Waals surface area (Å²) < 4.78 is 10.4. The number of aryl methyl sites for hydroxylation is 2. The molecule has 1 aromatic carbocycles. The van der Waals surface area contributed by atoms with Crippen molar-refractivity contribution in [1.82, 2.24) is 4.90 Å². The van der Waals surface area contributed by atoms with E-state index in [1.54, 1.807) is 24.3 Å². The second-order valence-corrected chi connectivity index (χ2v) is 7.00. The van der Waals surface area contributed by atoms with E-state index < -0.39 is 0 Å². The zero-order valence-electron chi connectivity index (χ0n) is 15.9. The molecule has 1 amide bonds. The van der Waals surface area contributed by atoms with Crippen LogP contribution in [0.1, 0.15) is 52.9 Å². The van der Waals surface area contributed by atoms with Crippen molar-refractivity contribution in [3.8, 4) is 0 Å². The van der Waals surface area contributed by atoms with Gasteiger partial charge in [-0.2, -0.15) is 0 Å². The van der Waals surface area contributed by atoms with Crippen molar-refractivity contribution in [1.29, 1.82) is 0 Å². The Bertz CT molecular complexity index is 767. The lowest BCUT2D eigenvalue weighted by Gasteiger charge is -2.21. The fourth-order valence-corrected chi connectivity index (χ4v) is 3.51. The van der Waals surface area contributed by atoms with Crippen molar-refractivity contribution in [2.45, 2.75) is 45.1 Å². The first-order valence-electron chi connectivity index (χ1n) is 9.61. The molecule has 5 heteroatoms. The lowest BCUT2D eigenvalue weighted by molar-refractivity contribution is -0.132. The van der Waals surface area contributed by atoms with Crippen molar-refractivity contribution in [2.24, 2.45) is 0 Å². The summed E-state index contributed by atoms with van der Waals surface area (Å²) in [4.78, 5) is 26.9. The average Bonchev–Trinajstić information content (AvgIpc) is 3.21. The Morgan fingerprint density at radius 3 is 2.67 bits per heavy atom. The average molecular weight is 369 g/mol. The van der Waals surface area contributed by atoms with E-state index in [-0.39, 0.29) is 24.5 Å². The molecule has 0 N–H and O–H groups in total. The lowest BCUT2D eigenvalue weighted by atomic mass is 9.89. The summed E-state index contributed by atoms with van der Waals surface area (Å²) >= 11 is 0. The van der Waals surface area contributed by atoms with Gasteiger partial charge in [0.05, 0.1) is 19.4 Å². The van der Waals surface area contributed by atoms with Crippen LogP contribution in [0, 0.1) is 0 Å². The minimum Gasteiger partial charge on any atom is -0.467 e. The highest BCUT2D eigenvalue weighted by atomic mass is 16.5. The van der Waals surface area contributed by atoms with Gasteiger partial charge in [-0.25, -0.2) is 0 Å². The van der Waals surface area contributed by atoms with Gasteiger partial charge < -0.3 is 14.1 Å². The molecule has 0 fully saturated rings. The lowest BCUT2D eigenvalue weighted by Crippen LogP contribution is -2.33. The van der Waals surface area contributed by atoms with Gasteiger partial charge in [0.25, 0.3) is 0 Å². The Kier molecular flexibility index (Phi) is 6.82. The van der Waals surface area contributed by atoms with Crippen molar-refractivity contribution >= 4 is 11.7 Å². The van der Waals surface area contributed by atoms with Gasteiger partial charge in [-0.1, -0.05) is 12.1 Å². The van der Waals surface area contributed by atoms with E-state index in [0.717, 1.165) is 24.2 Å². The highest BCUT2D eigenvalue weighted by molar-refractivity contribution is 5.98. The second kappa shape index (κ2) is 9.51. The number of hydrogen-bond donors (Lipinski definition) is 0. The first-order chi connectivity index (χ1) is 13.2. The van der Waals surface area contributed by atoms with Crippen LogP contribution in [-0.2, 0) is 28.9 Å². The van der Waals surface area contributed by atoms with Crippen LogP contribution in [0.3, 0.4) is 0 Å². The smallest absolute Gasteiger partial charge is 0.223 e. The number of ether oxygens (including phenoxy) is 1. The predicted molar refractivity (Wildman–Crippen MR) is 103 cm³/mol. The van der Waals surface area contributed by atoms with Crippen LogP contribution in [0.4, 0.5) is 0 Å². The number of carbonyl (C=O) groups is 2. The number of fused-ring (bicyclic) bond motifs is 1. The molecule has 0 saturated heterocycles. The number of ketones is 1. The third-order valence-electron chi connectivity index (χ3n) is 5.08. The quantitative estimate of drug-likeness (QED) is 0.631. The number of amides is 1. The van der Waals surface area contributed by atoms with Gasteiger partial charge in [-0.3, -0.25) is 9.59 Å². The molecule has 0 aliphatic heterocycles. The third kappa shape index (κ3) is 5.30. The number of rotatable bonds is 9. The van der Waals surface area contributed by atoms with Crippen molar-refractivity contribution < 1.29 is 18.7 Å². The Morgan fingerprint density at radius 1 is 1.11 bits per heavy atom. The highest BCUT2D eigenvalue weighted by Gasteiger charge is 2.18. The summed E-state index contributed by atoms with van der Waals surface area (Å²) in [5, 5.41) is 0. The van der Waals surface area contributed by atoms with Crippen LogP contribution in [0.25, 0.3) is 0 Å². The van der Waals surface area contributed by atoms with Gasteiger partial charge in [0.2, 0.25) is 5.91 Å². The minimum atomic E-state index is -0.0604. The van der Waals surface area contributed by atoms with Gasteiger partial charge in [-0.05, 0) is 55.0 Å². The topological polar surface area (TPSA) is 59.8 Å². The number of nitrogens with zero attached hydrogens (tertiary/aromatic N) is 1. The Balaban J connectivity index is 1.58. The molecule has 0 spiro atoms. The standard InChI is InChI=1S/C22H27NO4/c1-26-14-12-23(16-20-7-4-13-27-20)22(25)11-10-21(24)19-9-8-17-5-2-3-6-18(17)15-19/h4,7-9,13,15H,2-3,5-6,10-12,14,16H2,1H3. The number of carbonyl (C=O) groups excluding carboxylic acids is 2. The molecule has 27 heavy (non-hydrogen) atoms. The molecule has 1 aliphatic rings. The van der Waals surface area contributed by atoms with E-state index in [2.05, 4.69) is 6.07 Å². The molecular weight excluding hydrogens is 342 g/mol. The minimum absolute atomic E-state index is 0.0291. The van der Waals surface area contributed by atoms with Crippen molar-refractivity contribution in [2.75, 3.05) is 20.3 Å². The zero-order chi connectivity index (χ0) is 19.1. The summed E-state index contributed by atoms with van der Waals surface area (Å²) in [6, 6.07) is 9.64. The maximum atomic E-state index is 12.6. The monoisotopic (exact) mass is 369 g/mol. The molecule has 0 bridgehead atoms. The summed E-state index contributed by atoms with van der Waals surface area (Å²) in [5.74, 6) is 0.691. The van der Waals surface area contributed by atoms with E-state index in [1.165, 1.54) is 24.0 Å². The molecule has 0 atom stereocenters. The SMILES string of the molecule is COCCN(Cc1ccco1)C(=O)CCC(=O)c1ccc2c(c1)CCCC2. The molecule has 0 radical (unpaired) electrons. The number of hydrogen-bond acceptors (Lipinski definition) is 4. The number of methoxy groups -OCH3 is 1. The van der Waals surface area contributed by atoms with Crippen LogP contribution in [0.2, 0.25) is 0 Å². The maximum absolute atomic E-state index is 12.6. The second-order valence-electron chi connectivity index (χ2n) is 7.00. The van der Waals surface area contributed by atoms with Gasteiger partial charge in [0.1, 0.15) is 5.76 Å². The molecule has 3 rings (SSSR count). The molecule has 1 heterocycles. The molecule has 2 aromatic rings. The van der Waals surface area contributed by atoms with Crippen molar-refractivity contribution in [3.63, 3.8) is 0 Å². The molecule has 1 aromatic heterocycles. The molecule has 0 unspecified atom stereocenters. The summed E-state index contributed by atoms with van der Waals surface area (Å²) in [6.45, 7) is 1.32. The predicted octanol–water partition coefficient (Wildman–Crippen LogP) is 3.80. The van der Waals surface area contributed by atoms with Gasteiger partial charge >= 0.3 is 0 Å².